The second kappa shape index (κ2) is 7.78. The van der Waals surface area contributed by atoms with Gasteiger partial charge in [-0.25, -0.2) is 19.2 Å². The van der Waals surface area contributed by atoms with Gasteiger partial charge >= 0.3 is 6.03 Å². The Bertz CT molecular complexity index is 725. The highest BCUT2D eigenvalue weighted by Crippen LogP contribution is 2.25. The van der Waals surface area contributed by atoms with Crippen molar-refractivity contribution in [1.29, 1.82) is 0 Å². The van der Waals surface area contributed by atoms with Crippen molar-refractivity contribution in [3.8, 4) is 5.88 Å². The van der Waals surface area contributed by atoms with Crippen LogP contribution in [0.3, 0.4) is 0 Å². The van der Waals surface area contributed by atoms with Crippen molar-refractivity contribution in [1.82, 2.24) is 20.6 Å². The summed E-state index contributed by atoms with van der Waals surface area (Å²) in [6.07, 6.45) is 4.01. The summed E-state index contributed by atoms with van der Waals surface area (Å²) in [5.41, 5.74) is 0.842. The van der Waals surface area contributed by atoms with Crippen molar-refractivity contribution < 1.29 is 13.9 Å². The number of carbonyl (C=O) groups is 1. The van der Waals surface area contributed by atoms with Gasteiger partial charge in [-0.15, -0.1) is 0 Å². The minimum atomic E-state index is -0.293. The number of halogens is 1. The second-order valence-electron chi connectivity index (χ2n) is 5.77. The lowest BCUT2D eigenvalue weighted by Gasteiger charge is -2.19. The van der Waals surface area contributed by atoms with Crippen LogP contribution in [0.2, 0.25) is 0 Å². The highest BCUT2D eigenvalue weighted by Gasteiger charge is 2.27. The van der Waals surface area contributed by atoms with Crippen LogP contribution >= 0.6 is 0 Å². The van der Waals surface area contributed by atoms with Crippen molar-refractivity contribution in [3.63, 3.8) is 0 Å². The van der Waals surface area contributed by atoms with E-state index in [9.17, 15) is 9.18 Å². The van der Waals surface area contributed by atoms with E-state index in [1.165, 1.54) is 12.1 Å². The number of benzene rings is 1. The Morgan fingerprint density at radius 1 is 1.32 bits per heavy atom. The number of ether oxygens (including phenoxy) is 1. The molecule has 1 atom stereocenters. The lowest BCUT2D eigenvalue weighted by molar-refractivity contribution is 0.237. The van der Waals surface area contributed by atoms with Crippen molar-refractivity contribution in [2.75, 3.05) is 25.1 Å². The normalized spacial score (nSPS) is 16.6. The summed E-state index contributed by atoms with van der Waals surface area (Å²) in [6, 6.07) is 5.80. The quantitative estimate of drug-likeness (QED) is 0.862. The molecule has 0 unspecified atom stereocenters. The molecule has 25 heavy (non-hydrogen) atoms. The molecule has 0 aliphatic carbocycles. The van der Waals surface area contributed by atoms with Gasteiger partial charge in [-0.1, -0.05) is 12.1 Å². The van der Waals surface area contributed by atoms with Crippen LogP contribution in [-0.4, -0.2) is 42.2 Å². The Labute approximate surface area is 145 Å². The fourth-order valence-corrected chi connectivity index (χ4v) is 2.77. The minimum absolute atomic E-state index is 0.0138. The van der Waals surface area contributed by atoms with E-state index < -0.39 is 0 Å². The van der Waals surface area contributed by atoms with Crippen LogP contribution in [0.4, 0.5) is 15.0 Å². The van der Waals surface area contributed by atoms with Crippen molar-refractivity contribution in [2.24, 2.45) is 0 Å². The first kappa shape index (κ1) is 16.9. The number of carbonyl (C=O) groups excluding carboxylic acids is 1. The number of hydrogen-bond donors (Lipinski definition) is 2. The number of aromatic nitrogens is 2. The molecule has 1 aliphatic heterocycles. The van der Waals surface area contributed by atoms with Crippen molar-refractivity contribution >= 4 is 11.8 Å². The molecular formula is C17H20FN5O2. The first-order valence-corrected chi connectivity index (χ1v) is 8.04. The molecule has 132 valence electrons. The Balaban J connectivity index is 1.49. The van der Waals surface area contributed by atoms with Gasteiger partial charge in [0.2, 0.25) is 0 Å². The molecule has 2 aromatic rings. The molecule has 0 radical (unpaired) electrons. The number of amides is 2. The maximum absolute atomic E-state index is 12.9. The SMILES string of the molecule is COc1nccnc1N1CC[C@@H](NC(=O)NCc2ccc(F)cc2)C1. The Hall–Kier alpha value is -2.90. The fraction of sp³-hybridized carbons (Fsp3) is 0.353. The number of nitrogens with zero attached hydrogens (tertiary/aromatic N) is 3. The lowest BCUT2D eigenvalue weighted by Crippen LogP contribution is -2.43. The first-order chi connectivity index (χ1) is 12.2. The molecule has 0 saturated carbocycles. The molecule has 1 fully saturated rings. The van der Waals surface area contributed by atoms with E-state index in [4.69, 9.17) is 4.74 Å². The van der Waals surface area contributed by atoms with Gasteiger partial charge < -0.3 is 20.3 Å². The number of anilines is 1. The average Bonchev–Trinajstić information content (AvgIpc) is 3.09. The summed E-state index contributed by atoms with van der Waals surface area (Å²) in [5.74, 6) is 0.864. The molecule has 2 heterocycles. The molecule has 3 rings (SSSR count). The van der Waals surface area contributed by atoms with Crippen molar-refractivity contribution in [3.05, 3.63) is 48.0 Å². The Morgan fingerprint density at radius 3 is 2.84 bits per heavy atom. The highest BCUT2D eigenvalue weighted by atomic mass is 19.1. The van der Waals surface area contributed by atoms with Crippen LogP contribution in [0, 0.1) is 5.82 Å². The molecule has 1 aromatic carbocycles. The van der Waals surface area contributed by atoms with E-state index in [-0.39, 0.29) is 17.9 Å². The molecule has 0 spiro atoms. The van der Waals surface area contributed by atoms with Gasteiger partial charge in [-0.3, -0.25) is 0 Å². The van der Waals surface area contributed by atoms with E-state index in [0.717, 1.165) is 18.5 Å². The first-order valence-electron chi connectivity index (χ1n) is 8.04. The molecule has 8 heteroatoms. The van der Waals surface area contributed by atoms with Gasteiger partial charge in [0.05, 0.1) is 7.11 Å². The highest BCUT2D eigenvalue weighted by molar-refractivity contribution is 5.74. The maximum atomic E-state index is 12.9. The zero-order valence-corrected chi connectivity index (χ0v) is 13.9. The second-order valence-corrected chi connectivity index (χ2v) is 5.77. The van der Waals surface area contributed by atoms with E-state index in [0.29, 0.717) is 24.8 Å². The van der Waals surface area contributed by atoms with Gasteiger partial charge in [-0.2, -0.15) is 0 Å². The van der Waals surface area contributed by atoms with Crippen LogP contribution in [0.1, 0.15) is 12.0 Å². The zero-order chi connectivity index (χ0) is 17.6. The number of rotatable bonds is 5. The molecule has 0 bridgehead atoms. The molecular weight excluding hydrogens is 325 g/mol. The smallest absolute Gasteiger partial charge is 0.315 e. The molecule has 2 N–H and O–H groups in total. The topological polar surface area (TPSA) is 79.4 Å². The third kappa shape index (κ3) is 4.34. The predicted octanol–water partition coefficient (Wildman–Crippen LogP) is 1.70. The van der Waals surface area contributed by atoms with Gasteiger partial charge in [0.25, 0.3) is 5.88 Å². The largest absolute Gasteiger partial charge is 0.478 e. The van der Waals surface area contributed by atoms with Gasteiger partial charge in [-0.05, 0) is 24.1 Å². The molecule has 2 amide bonds. The summed E-state index contributed by atoms with van der Waals surface area (Å²) in [7, 11) is 1.56. The summed E-state index contributed by atoms with van der Waals surface area (Å²) in [5, 5.41) is 5.72. The van der Waals surface area contributed by atoms with E-state index in [1.54, 1.807) is 31.6 Å². The fourth-order valence-electron chi connectivity index (χ4n) is 2.77. The number of nitrogens with one attached hydrogen (secondary N) is 2. The Kier molecular flexibility index (Phi) is 5.27. The molecule has 7 nitrogen and oxygen atoms in total. The van der Waals surface area contributed by atoms with Crippen LogP contribution in [-0.2, 0) is 6.54 Å². The van der Waals surface area contributed by atoms with Crippen LogP contribution in [0.15, 0.2) is 36.7 Å². The summed E-state index contributed by atoms with van der Waals surface area (Å²) >= 11 is 0. The van der Waals surface area contributed by atoms with Crippen LogP contribution in [0.25, 0.3) is 0 Å². The van der Waals surface area contributed by atoms with E-state index >= 15 is 0 Å². The number of methoxy groups -OCH3 is 1. The van der Waals surface area contributed by atoms with E-state index in [2.05, 4.69) is 20.6 Å². The number of urea groups is 1. The predicted molar refractivity (Wildman–Crippen MR) is 91.0 cm³/mol. The standard InChI is InChI=1S/C17H20FN5O2/c1-25-16-15(19-7-8-20-16)23-9-6-14(11-23)22-17(24)21-10-12-2-4-13(18)5-3-12/h2-5,7-8,14H,6,9-11H2,1H3,(H2,21,22,24)/t14-/m1/s1. The third-order valence-electron chi connectivity index (χ3n) is 4.03. The van der Waals surface area contributed by atoms with Gasteiger partial charge in [0.1, 0.15) is 5.82 Å². The third-order valence-corrected chi connectivity index (χ3v) is 4.03. The lowest BCUT2D eigenvalue weighted by atomic mass is 10.2. The van der Waals surface area contributed by atoms with Gasteiger partial charge in [0, 0.05) is 38.1 Å². The molecule has 1 saturated heterocycles. The van der Waals surface area contributed by atoms with E-state index in [1.807, 2.05) is 4.90 Å². The number of hydrogen-bond acceptors (Lipinski definition) is 5. The average molecular weight is 345 g/mol. The monoisotopic (exact) mass is 345 g/mol. The molecule has 1 aliphatic rings. The zero-order valence-electron chi connectivity index (χ0n) is 13.9. The minimum Gasteiger partial charge on any atom is -0.478 e. The molecule has 1 aromatic heterocycles. The Morgan fingerprint density at radius 2 is 2.08 bits per heavy atom. The van der Waals surface area contributed by atoms with Crippen molar-refractivity contribution in [2.45, 2.75) is 19.0 Å². The van der Waals surface area contributed by atoms with Crippen LogP contribution in [0.5, 0.6) is 5.88 Å². The summed E-state index contributed by atoms with van der Waals surface area (Å²) in [6.45, 7) is 1.75. The maximum Gasteiger partial charge on any atom is 0.315 e. The van der Waals surface area contributed by atoms with Crippen LogP contribution < -0.4 is 20.3 Å². The summed E-state index contributed by atoms with van der Waals surface area (Å²) < 4.78 is 18.1. The van der Waals surface area contributed by atoms with Gasteiger partial charge in [0.15, 0.2) is 5.82 Å². The summed E-state index contributed by atoms with van der Waals surface area (Å²) in [4.78, 5) is 22.5.